The number of aliphatic carboxylic acids is 1. The Hall–Kier alpha value is -1.55. The Morgan fingerprint density at radius 1 is 1.38 bits per heavy atom. The van der Waals surface area contributed by atoms with Crippen LogP contribution in [0.3, 0.4) is 0 Å². The lowest BCUT2D eigenvalue weighted by Gasteiger charge is -2.40. The molecule has 1 saturated heterocycles. The van der Waals surface area contributed by atoms with Gasteiger partial charge in [0.2, 0.25) is 0 Å². The maximum atomic E-state index is 12.0. The molecular weight excluding hydrogens is 266 g/mol. The average Bonchev–Trinajstić information content (AvgIpc) is 2.87. The molecule has 116 valence electrons. The van der Waals surface area contributed by atoms with Crippen LogP contribution >= 0.6 is 0 Å². The third-order valence-corrected chi connectivity index (χ3v) is 4.66. The van der Waals surface area contributed by atoms with E-state index in [2.05, 4.69) is 4.90 Å². The summed E-state index contributed by atoms with van der Waals surface area (Å²) in [6.45, 7) is 4.86. The van der Waals surface area contributed by atoms with Crippen molar-refractivity contribution in [1.29, 1.82) is 0 Å². The lowest BCUT2D eigenvalue weighted by atomic mass is 9.88. The van der Waals surface area contributed by atoms with Crippen LogP contribution in [0.1, 0.15) is 57.6 Å². The molecule has 0 radical (unpaired) electrons. The Labute approximate surface area is 126 Å². The number of likely N-dealkylation sites (tertiary alicyclic amines) is 1. The number of para-hydroxylation sites is 1. The van der Waals surface area contributed by atoms with Crippen molar-refractivity contribution in [2.24, 2.45) is 0 Å². The van der Waals surface area contributed by atoms with Gasteiger partial charge in [-0.25, -0.2) is 0 Å². The fraction of sp³-hybridized carbons (Fsp3) is 0.588. The van der Waals surface area contributed by atoms with Gasteiger partial charge in [-0.3, -0.25) is 9.69 Å². The standard InChI is InChI=1S/C17H25NO3/c1-3-10-17(16(20)21)11-7-12-18(17)14(4-2)13-8-5-6-9-15(13)19/h5-6,8-9,14,19H,3-4,7,10-12H2,1-2H3,(H,20,21). The summed E-state index contributed by atoms with van der Waals surface area (Å²) in [4.78, 5) is 14.1. The van der Waals surface area contributed by atoms with E-state index in [1.807, 2.05) is 26.0 Å². The minimum atomic E-state index is -0.780. The van der Waals surface area contributed by atoms with Crippen molar-refractivity contribution in [3.63, 3.8) is 0 Å². The molecule has 4 heteroatoms. The number of benzene rings is 1. The summed E-state index contributed by atoms with van der Waals surface area (Å²) in [5.74, 6) is -0.470. The van der Waals surface area contributed by atoms with Crippen LogP contribution < -0.4 is 0 Å². The molecule has 0 spiro atoms. The van der Waals surface area contributed by atoms with Crippen molar-refractivity contribution in [1.82, 2.24) is 4.90 Å². The maximum Gasteiger partial charge on any atom is 0.324 e. The zero-order chi connectivity index (χ0) is 15.5. The van der Waals surface area contributed by atoms with Crippen LogP contribution in [-0.2, 0) is 4.79 Å². The highest BCUT2D eigenvalue weighted by atomic mass is 16.4. The number of rotatable bonds is 6. The van der Waals surface area contributed by atoms with Gasteiger partial charge in [0.25, 0.3) is 0 Å². The molecule has 0 aliphatic carbocycles. The number of aromatic hydroxyl groups is 1. The quantitative estimate of drug-likeness (QED) is 0.841. The topological polar surface area (TPSA) is 60.8 Å². The molecule has 2 rings (SSSR count). The lowest BCUT2D eigenvalue weighted by molar-refractivity contribution is -0.152. The normalized spacial score (nSPS) is 24.1. The predicted octanol–water partition coefficient (Wildman–Crippen LogP) is 3.56. The number of carboxylic acid groups (broad SMARTS) is 1. The molecule has 2 N–H and O–H groups in total. The molecule has 2 unspecified atom stereocenters. The van der Waals surface area contributed by atoms with Crippen LogP contribution in [0.2, 0.25) is 0 Å². The highest BCUT2D eigenvalue weighted by Crippen LogP contribution is 2.43. The van der Waals surface area contributed by atoms with E-state index < -0.39 is 11.5 Å². The minimum Gasteiger partial charge on any atom is -0.508 e. The second-order valence-corrected chi connectivity index (χ2v) is 5.87. The molecule has 2 atom stereocenters. The Morgan fingerprint density at radius 2 is 2.10 bits per heavy atom. The number of hydrogen-bond donors (Lipinski definition) is 2. The zero-order valence-electron chi connectivity index (χ0n) is 12.9. The van der Waals surface area contributed by atoms with Crippen molar-refractivity contribution in [3.8, 4) is 5.75 Å². The minimum absolute atomic E-state index is 0.0450. The first-order valence-corrected chi connectivity index (χ1v) is 7.84. The molecule has 1 heterocycles. The Bertz CT molecular complexity index is 503. The largest absolute Gasteiger partial charge is 0.508 e. The first-order valence-electron chi connectivity index (χ1n) is 7.84. The fourth-order valence-corrected chi connectivity index (χ4v) is 3.75. The van der Waals surface area contributed by atoms with E-state index in [4.69, 9.17) is 0 Å². The summed E-state index contributed by atoms with van der Waals surface area (Å²) in [6, 6.07) is 7.23. The number of phenols is 1. The second kappa shape index (κ2) is 6.48. The predicted molar refractivity (Wildman–Crippen MR) is 82.4 cm³/mol. The molecule has 21 heavy (non-hydrogen) atoms. The van der Waals surface area contributed by atoms with Crippen molar-refractivity contribution >= 4 is 5.97 Å². The van der Waals surface area contributed by atoms with E-state index in [0.29, 0.717) is 12.8 Å². The van der Waals surface area contributed by atoms with Crippen LogP contribution in [-0.4, -0.2) is 33.2 Å². The fourth-order valence-electron chi connectivity index (χ4n) is 3.75. The first-order chi connectivity index (χ1) is 10.1. The van der Waals surface area contributed by atoms with Gasteiger partial charge in [-0.15, -0.1) is 0 Å². The Balaban J connectivity index is 2.41. The molecular formula is C17H25NO3. The molecule has 0 aromatic heterocycles. The van der Waals surface area contributed by atoms with Gasteiger partial charge in [0.05, 0.1) is 0 Å². The van der Waals surface area contributed by atoms with Crippen molar-refractivity contribution in [2.75, 3.05) is 6.54 Å². The second-order valence-electron chi connectivity index (χ2n) is 5.87. The van der Waals surface area contributed by atoms with E-state index in [1.54, 1.807) is 12.1 Å². The van der Waals surface area contributed by atoms with Gasteiger partial charge in [-0.1, -0.05) is 38.5 Å². The molecule has 1 fully saturated rings. The summed E-state index contributed by atoms with van der Waals surface area (Å²) >= 11 is 0. The number of hydrogen-bond acceptors (Lipinski definition) is 3. The molecule has 4 nitrogen and oxygen atoms in total. The number of carbonyl (C=O) groups is 1. The van der Waals surface area contributed by atoms with Crippen molar-refractivity contribution < 1.29 is 15.0 Å². The number of carboxylic acids is 1. The van der Waals surface area contributed by atoms with E-state index in [9.17, 15) is 15.0 Å². The van der Waals surface area contributed by atoms with Crippen LogP contribution in [0.4, 0.5) is 0 Å². The number of phenolic OH excluding ortho intramolecular Hbond substituents is 1. The Morgan fingerprint density at radius 3 is 2.67 bits per heavy atom. The van der Waals surface area contributed by atoms with Gasteiger partial charge in [-0.2, -0.15) is 0 Å². The van der Waals surface area contributed by atoms with Crippen molar-refractivity contribution in [3.05, 3.63) is 29.8 Å². The van der Waals surface area contributed by atoms with E-state index in [1.165, 1.54) is 0 Å². The van der Waals surface area contributed by atoms with Crippen LogP contribution in [0.25, 0.3) is 0 Å². The van der Waals surface area contributed by atoms with Crippen LogP contribution in [0.5, 0.6) is 5.75 Å². The highest BCUT2D eigenvalue weighted by Gasteiger charge is 2.49. The zero-order valence-corrected chi connectivity index (χ0v) is 12.9. The van der Waals surface area contributed by atoms with Gasteiger partial charge < -0.3 is 10.2 Å². The van der Waals surface area contributed by atoms with E-state index in [0.717, 1.165) is 31.4 Å². The third-order valence-electron chi connectivity index (χ3n) is 4.66. The highest BCUT2D eigenvalue weighted by molar-refractivity contribution is 5.79. The summed E-state index contributed by atoms with van der Waals surface area (Å²) in [7, 11) is 0. The van der Waals surface area contributed by atoms with Crippen molar-refractivity contribution in [2.45, 2.75) is 57.5 Å². The number of nitrogens with zero attached hydrogens (tertiary/aromatic N) is 1. The van der Waals surface area contributed by atoms with Gasteiger partial charge in [0.15, 0.2) is 0 Å². The third kappa shape index (κ3) is 2.77. The van der Waals surface area contributed by atoms with Gasteiger partial charge in [-0.05, 0) is 38.3 Å². The lowest BCUT2D eigenvalue weighted by Crippen LogP contribution is -2.51. The van der Waals surface area contributed by atoms with Gasteiger partial charge >= 0.3 is 5.97 Å². The molecule has 1 aliphatic rings. The van der Waals surface area contributed by atoms with Gasteiger partial charge in [0, 0.05) is 11.6 Å². The molecule has 1 aromatic rings. The van der Waals surface area contributed by atoms with E-state index in [-0.39, 0.29) is 11.8 Å². The molecule has 0 bridgehead atoms. The summed E-state index contributed by atoms with van der Waals surface area (Å²) in [5.41, 5.74) is 0.0566. The SMILES string of the molecule is CCCC1(C(=O)O)CCCN1C(CC)c1ccccc1O. The van der Waals surface area contributed by atoms with Crippen LogP contribution in [0, 0.1) is 0 Å². The summed E-state index contributed by atoms with van der Waals surface area (Å²) in [6.07, 6.45) is 3.89. The molecule has 1 aromatic carbocycles. The van der Waals surface area contributed by atoms with E-state index >= 15 is 0 Å². The van der Waals surface area contributed by atoms with Gasteiger partial charge in [0.1, 0.15) is 11.3 Å². The molecule has 1 aliphatic heterocycles. The summed E-state index contributed by atoms with van der Waals surface area (Å²) in [5, 5.41) is 20.0. The Kier molecular flexibility index (Phi) is 4.88. The smallest absolute Gasteiger partial charge is 0.324 e. The van der Waals surface area contributed by atoms with Crippen LogP contribution in [0.15, 0.2) is 24.3 Å². The summed E-state index contributed by atoms with van der Waals surface area (Å²) < 4.78 is 0. The first kappa shape index (κ1) is 15.8. The monoisotopic (exact) mass is 291 g/mol. The molecule has 0 amide bonds. The molecule has 0 saturated carbocycles. The average molecular weight is 291 g/mol. The maximum absolute atomic E-state index is 12.0.